The molecule has 0 spiro atoms. The largest absolute Gasteiger partial charge is 0.465 e. The summed E-state index contributed by atoms with van der Waals surface area (Å²) in [6.07, 6.45) is 3.04. The van der Waals surface area contributed by atoms with Gasteiger partial charge in [0, 0.05) is 12.1 Å². The number of hydrogen-bond acceptors (Lipinski definition) is 5. The van der Waals surface area contributed by atoms with Crippen molar-refractivity contribution in [2.45, 2.75) is 6.92 Å². The summed E-state index contributed by atoms with van der Waals surface area (Å²) in [6, 6.07) is 13.2. The number of rotatable bonds is 3. The number of aryl methyl sites for hydroxylation is 1. The number of esters is 1. The third kappa shape index (κ3) is 3.25. The molecular formula is C21H13ClO5. The molecule has 1 aromatic heterocycles. The lowest BCUT2D eigenvalue weighted by Gasteiger charge is -2.08. The summed E-state index contributed by atoms with van der Waals surface area (Å²) >= 11 is 6.03. The van der Waals surface area contributed by atoms with Crippen molar-refractivity contribution in [2.75, 3.05) is 0 Å². The van der Waals surface area contributed by atoms with Crippen molar-refractivity contribution in [1.82, 2.24) is 0 Å². The van der Waals surface area contributed by atoms with E-state index in [4.69, 9.17) is 25.5 Å². The first-order chi connectivity index (χ1) is 13.0. The second-order valence-corrected chi connectivity index (χ2v) is 6.35. The van der Waals surface area contributed by atoms with E-state index in [0.29, 0.717) is 27.7 Å². The Bertz CT molecular complexity index is 1080. The minimum absolute atomic E-state index is 0.151. The Morgan fingerprint density at radius 1 is 1.15 bits per heavy atom. The predicted octanol–water partition coefficient (Wildman–Crippen LogP) is 5.08. The third-order valence-electron chi connectivity index (χ3n) is 4.06. The molecule has 0 bridgehead atoms. The monoisotopic (exact) mass is 380 g/mol. The summed E-state index contributed by atoms with van der Waals surface area (Å²) in [5, 5.41) is 0.301. The van der Waals surface area contributed by atoms with E-state index in [9.17, 15) is 9.59 Å². The van der Waals surface area contributed by atoms with Crippen molar-refractivity contribution in [3.63, 3.8) is 0 Å². The molecule has 5 nitrogen and oxygen atoms in total. The highest BCUT2D eigenvalue weighted by Gasteiger charge is 2.30. The molecule has 0 saturated heterocycles. The van der Waals surface area contributed by atoms with Crippen LogP contribution >= 0.6 is 11.6 Å². The van der Waals surface area contributed by atoms with Crippen molar-refractivity contribution in [1.29, 1.82) is 0 Å². The van der Waals surface area contributed by atoms with Gasteiger partial charge < -0.3 is 13.9 Å². The summed E-state index contributed by atoms with van der Waals surface area (Å²) in [5.41, 5.74) is 1.33. The highest BCUT2D eigenvalue weighted by molar-refractivity contribution is 6.33. The zero-order chi connectivity index (χ0) is 19.0. The number of carbonyl (C=O) groups is 2. The van der Waals surface area contributed by atoms with Gasteiger partial charge >= 0.3 is 5.97 Å². The van der Waals surface area contributed by atoms with Gasteiger partial charge in [-0.15, -0.1) is 0 Å². The van der Waals surface area contributed by atoms with Crippen LogP contribution in [0.4, 0.5) is 0 Å². The molecule has 0 unspecified atom stereocenters. The molecule has 2 aromatic carbocycles. The van der Waals surface area contributed by atoms with Crippen LogP contribution in [0.15, 0.2) is 65.0 Å². The van der Waals surface area contributed by atoms with Gasteiger partial charge in [0.15, 0.2) is 5.76 Å². The fourth-order valence-electron chi connectivity index (χ4n) is 2.83. The predicted molar refractivity (Wildman–Crippen MR) is 99.2 cm³/mol. The van der Waals surface area contributed by atoms with E-state index in [0.717, 1.165) is 0 Å². The van der Waals surface area contributed by atoms with E-state index in [1.54, 1.807) is 49.4 Å². The van der Waals surface area contributed by atoms with Crippen LogP contribution in [0.25, 0.3) is 6.08 Å². The molecule has 0 amide bonds. The second-order valence-electron chi connectivity index (χ2n) is 5.94. The zero-order valence-electron chi connectivity index (χ0n) is 14.2. The molecule has 0 radical (unpaired) electrons. The number of benzene rings is 2. The summed E-state index contributed by atoms with van der Waals surface area (Å²) in [6.45, 7) is 1.75. The fraction of sp³-hybridized carbons (Fsp3) is 0.0476. The first kappa shape index (κ1) is 17.1. The van der Waals surface area contributed by atoms with Crippen molar-refractivity contribution >= 4 is 29.4 Å². The molecule has 27 heavy (non-hydrogen) atoms. The molecule has 0 aliphatic carbocycles. The Kier molecular flexibility index (Phi) is 4.30. The molecule has 6 heteroatoms. The van der Waals surface area contributed by atoms with Crippen LogP contribution in [0.3, 0.4) is 0 Å². The van der Waals surface area contributed by atoms with Gasteiger partial charge in [0.1, 0.15) is 17.3 Å². The molecule has 134 valence electrons. The van der Waals surface area contributed by atoms with Gasteiger partial charge in [0.05, 0.1) is 22.4 Å². The van der Waals surface area contributed by atoms with Gasteiger partial charge in [0.2, 0.25) is 5.78 Å². The van der Waals surface area contributed by atoms with Gasteiger partial charge in [-0.05, 0) is 42.8 Å². The number of hydrogen-bond donors (Lipinski definition) is 0. The first-order valence-electron chi connectivity index (χ1n) is 8.12. The number of Topliss-reactive ketones (excluding diaryl/α,β-unsaturated/α-hetero) is 1. The number of carbonyl (C=O) groups excluding carboxylic acids is 2. The molecule has 1 aliphatic heterocycles. The van der Waals surface area contributed by atoms with Crippen molar-refractivity contribution < 1.29 is 23.5 Å². The number of fused-ring (bicyclic) bond motifs is 1. The lowest BCUT2D eigenvalue weighted by Crippen LogP contribution is -2.09. The zero-order valence-corrected chi connectivity index (χ0v) is 14.9. The fourth-order valence-corrected chi connectivity index (χ4v) is 3.04. The maximum atomic E-state index is 12.6. The molecule has 2 heterocycles. The maximum absolute atomic E-state index is 12.6. The average molecular weight is 381 g/mol. The second kappa shape index (κ2) is 6.78. The molecular weight excluding hydrogens is 368 g/mol. The van der Waals surface area contributed by atoms with Gasteiger partial charge in [0.25, 0.3) is 0 Å². The maximum Gasteiger partial charge on any atom is 0.345 e. The molecule has 0 fully saturated rings. The molecule has 4 rings (SSSR count). The number of ketones is 1. The van der Waals surface area contributed by atoms with E-state index < -0.39 is 5.97 Å². The van der Waals surface area contributed by atoms with Crippen LogP contribution < -0.4 is 9.47 Å². The number of furan rings is 1. The standard InChI is InChI=1S/C21H13ClO5/c1-12-9-14(26-21(24)15-6-2-3-7-16(15)22)11-17-19(12)20(23)18(27-17)10-13-5-4-8-25-13/h2-11H,1H3/b18-10-. The summed E-state index contributed by atoms with van der Waals surface area (Å²) < 4.78 is 16.3. The molecule has 0 saturated carbocycles. The minimum atomic E-state index is -0.587. The van der Waals surface area contributed by atoms with Gasteiger partial charge in [-0.25, -0.2) is 4.79 Å². The third-order valence-corrected chi connectivity index (χ3v) is 4.39. The Hall–Kier alpha value is -3.31. The first-order valence-corrected chi connectivity index (χ1v) is 8.50. The molecule has 1 aliphatic rings. The molecule has 3 aromatic rings. The van der Waals surface area contributed by atoms with E-state index in [1.165, 1.54) is 18.4 Å². The summed E-state index contributed by atoms with van der Waals surface area (Å²) in [4.78, 5) is 24.9. The smallest absolute Gasteiger partial charge is 0.345 e. The van der Waals surface area contributed by atoms with E-state index >= 15 is 0 Å². The Labute approximate surface area is 159 Å². The lowest BCUT2D eigenvalue weighted by molar-refractivity contribution is 0.0734. The van der Waals surface area contributed by atoms with E-state index in [2.05, 4.69) is 0 Å². The Balaban J connectivity index is 1.63. The quantitative estimate of drug-likeness (QED) is 0.360. The summed E-state index contributed by atoms with van der Waals surface area (Å²) in [7, 11) is 0. The topological polar surface area (TPSA) is 65.7 Å². The van der Waals surface area contributed by atoms with Gasteiger partial charge in [-0.2, -0.15) is 0 Å². The highest BCUT2D eigenvalue weighted by Crippen LogP contribution is 2.37. The van der Waals surface area contributed by atoms with Crippen molar-refractivity contribution in [3.05, 3.63) is 88.0 Å². The number of ether oxygens (including phenoxy) is 2. The molecule has 0 N–H and O–H groups in total. The van der Waals surface area contributed by atoms with Crippen LogP contribution in [-0.4, -0.2) is 11.8 Å². The van der Waals surface area contributed by atoms with Crippen LogP contribution in [0.5, 0.6) is 11.5 Å². The van der Waals surface area contributed by atoms with Crippen LogP contribution in [0.1, 0.15) is 32.0 Å². The van der Waals surface area contributed by atoms with Crippen molar-refractivity contribution in [3.8, 4) is 11.5 Å². The highest BCUT2D eigenvalue weighted by atomic mass is 35.5. The average Bonchev–Trinajstić information content (AvgIpc) is 3.24. The molecule has 0 atom stereocenters. The summed E-state index contributed by atoms with van der Waals surface area (Å²) in [5.74, 6) is 0.424. The minimum Gasteiger partial charge on any atom is -0.465 e. The van der Waals surface area contributed by atoms with Gasteiger partial charge in [-0.3, -0.25) is 4.79 Å². The van der Waals surface area contributed by atoms with Gasteiger partial charge in [-0.1, -0.05) is 23.7 Å². The van der Waals surface area contributed by atoms with E-state index in [-0.39, 0.29) is 22.9 Å². The Morgan fingerprint density at radius 3 is 2.70 bits per heavy atom. The number of allylic oxidation sites excluding steroid dienone is 1. The van der Waals surface area contributed by atoms with Crippen LogP contribution in [-0.2, 0) is 0 Å². The van der Waals surface area contributed by atoms with E-state index in [1.807, 2.05) is 0 Å². The van der Waals surface area contributed by atoms with Crippen LogP contribution in [0.2, 0.25) is 5.02 Å². The normalized spacial score (nSPS) is 14.1. The number of halogens is 1. The van der Waals surface area contributed by atoms with Crippen LogP contribution in [0, 0.1) is 6.92 Å². The van der Waals surface area contributed by atoms with Crippen molar-refractivity contribution in [2.24, 2.45) is 0 Å². The Morgan fingerprint density at radius 2 is 1.96 bits per heavy atom. The lowest BCUT2D eigenvalue weighted by atomic mass is 10.0. The SMILES string of the molecule is Cc1cc(OC(=O)c2ccccc2Cl)cc2c1C(=O)/C(=C/c1ccco1)O2.